The van der Waals surface area contributed by atoms with Crippen LogP contribution in [0.4, 0.5) is 9.59 Å². The van der Waals surface area contributed by atoms with E-state index in [0.29, 0.717) is 0 Å². The number of benzene rings is 1. The zero-order valence-corrected chi connectivity index (χ0v) is 8.98. The lowest BCUT2D eigenvalue weighted by atomic mass is 10.2. The number of carbonyl (C=O) groups is 2. The molecule has 0 unspecified atom stereocenters. The molecular weight excluding hydrogens is 236 g/mol. The summed E-state index contributed by atoms with van der Waals surface area (Å²) in [5, 5.41) is 7.19. The second-order valence-electron chi connectivity index (χ2n) is 2.49. The lowest BCUT2D eigenvalue weighted by molar-refractivity contribution is 0.146. The van der Waals surface area contributed by atoms with Crippen LogP contribution in [0, 0.1) is 0 Å². The second-order valence-corrected chi connectivity index (χ2v) is 2.68. The van der Waals surface area contributed by atoms with Crippen LogP contribution < -0.4 is 10.6 Å². The first-order valence-electron chi connectivity index (χ1n) is 4.12. The topological polar surface area (TPSA) is 102 Å². The Labute approximate surface area is 97.1 Å². The average Bonchev–Trinajstić information content (AvgIpc) is 2.26. The Hall–Kier alpha value is -1.95. The van der Waals surface area contributed by atoms with E-state index >= 15 is 0 Å². The molecule has 0 spiro atoms. The van der Waals surface area contributed by atoms with Crippen LogP contribution in [-0.2, 0) is 11.3 Å². The molecule has 0 atom stereocenters. The molecule has 0 aromatic heterocycles. The van der Waals surface area contributed by atoms with Crippen molar-refractivity contribution in [1.82, 2.24) is 4.84 Å². The summed E-state index contributed by atoms with van der Waals surface area (Å²) in [5.74, 6) is 0. The van der Waals surface area contributed by atoms with Crippen LogP contribution in [-0.4, -0.2) is 17.3 Å². The van der Waals surface area contributed by atoms with Gasteiger partial charge in [0.05, 0.1) is 0 Å². The fraction of sp³-hybridized carbons (Fsp3) is 0.111. The predicted octanol–water partition coefficient (Wildman–Crippen LogP) is 1.69. The predicted molar refractivity (Wildman–Crippen MR) is 57.8 cm³/mol. The van der Waals surface area contributed by atoms with E-state index in [0.717, 1.165) is 5.56 Å². The molecule has 0 heterocycles. The Morgan fingerprint density at radius 3 is 2.31 bits per heavy atom. The van der Waals surface area contributed by atoms with Gasteiger partial charge in [-0.05, 0) is 5.56 Å². The smallest absolute Gasteiger partial charge is 0.422 e. The Morgan fingerprint density at radius 1 is 1.38 bits per heavy atom. The molecule has 88 valence electrons. The zero-order valence-electron chi connectivity index (χ0n) is 8.22. The number of nitrogens with two attached hydrogens (primary N) is 1. The molecule has 0 radical (unpaired) electrons. The van der Waals surface area contributed by atoms with Gasteiger partial charge in [0.25, 0.3) is 0 Å². The quantitative estimate of drug-likeness (QED) is 0.691. The first-order chi connectivity index (χ1) is 7.56. The molecule has 0 bridgehead atoms. The van der Waals surface area contributed by atoms with Crippen LogP contribution in [0.25, 0.3) is 0 Å². The van der Waals surface area contributed by atoms with Crippen LogP contribution in [0.5, 0.6) is 0 Å². The highest BCUT2D eigenvalue weighted by molar-refractivity contribution is 6.20. The minimum atomic E-state index is -1.33. The molecule has 0 saturated heterocycles. The Balaban J connectivity index is 0.000000487. The number of primary amides is 1. The van der Waals surface area contributed by atoms with Gasteiger partial charge in [0.1, 0.15) is 6.61 Å². The first-order valence-corrected chi connectivity index (χ1v) is 4.49. The highest BCUT2D eigenvalue weighted by Gasteiger charge is 1.98. The second kappa shape index (κ2) is 8.37. The van der Waals surface area contributed by atoms with E-state index < -0.39 is 12.2 Å². The molecule has 0 aliphatic heterocycles. The highest BCUT2D eigenvalue weighted by Crippen LogP contribution is 2.00. The first kappa shape index (κ1) is 14.1. The van der Waals surface area contributed by atoms with Gasteiger partial charge in [-0.1, -0.05) is 30.3 Å². The van der Waals surface area contributed by atoms with Gasteiger partial charge in [-0.2, -0.15) is 0 Å². The third-order valence-corrected chi connectivity index (χ3v) is 1.44. The van der Waals surface area contributed by atoms with Gasteiger partial charge < -0.3 is 15.6 Å². The van der Waals surface area contributed by atoms with Gasteiger partial charge in [0.15, 0.2) is 0 Å². The van der Waals surface area contributed by atoms with Crippen molar-refractivity contribution in [3.05, 3.63) is 35.9 Å². The number of carboxylic acid groups (broad SMARTS) is 1. The van der Waals surface area contributed by atoms with E-state index in [2.05, 4.69) is 5.73 Å². The minimum absolute atomic E-state index is 0.236. The maximum Gasteiger partial charge on any atom is 0.422 e. The number of ether oxygens (including phenoxy) is 1. The summed E-state index contributed by atoms with van der Waals surface area (Å²) in [6.45, 7) is 0.236. The molecule has 7 heteroatoms. The van der Waals surface area contributed by atoms with Gasteiger partial charge in [0.2, 0.25) is 0 Å². The molecule has 1 rings (SSSR count). The maximum absolute atomic E-state index is 10.5. The van der Waals surface area contributed by atoms with Crippen molar-refractivity contribution in [2.24, 2.45) is 5.73 Å². The van der Waals surface area contributed by atoms with Gasteiger partial charge in [-0.3, -0.25) is 0 Å². The average molecular weight is 247 g/mol. The van der Waals surface area contributed by atoms with Gasteiger partial charge in [0, 0.05) is 11.8 Å². The summed E-state index contributed by atoms with van der Waals surface area (Å²) in [4.78, 5) is 21.1. The summed E-state index contributed by atoms with van der Waals surface area (Å²) >= 11 is 4.99. The third-order valence-electron chi connectivity index (χ3n) is 1.29. The van der Waals surface area contributed by atoms with Crippen molar-refractivity contribution < 1.29 is 19.4 Å². The van der Waals surface area contributed by atoms with Gasteiger partial charge in [-0.25, -0.2) is 14.4 Å². The number of halogens is 1. The van der Waals surface area contributed by atoms with E-state index in [1.807, 2.05) is 35.2 Å². The van der Waals surface area contributed by atoms with Crippen LogP contribution >= 0.6 is 11.8 Å². The minimum Gasteiger partial charge on any atom is -0.465 e. The molecule has 1 aromatic carbocycles. The molecule has 0 fully saturated rings. The van der Waals surface area contributed by atoms with E-state index in [-0.39, 0.29) is 6.61 Å². The largest absolute Gasteiger partial charge is 0.465 e. The molecular formula is C9H11ClN2O4. The van der Waals surface area contributed by atoms with Crippen LogP contribution in [0.3, 0.4) is 0 Å². The molecule has 0 saturated carbocycles. The third kappa shape index (κ3) is 8.64. The van der Waals surface area contributed by atoms with Crippen molar-refractivity contribution in [2.75, 3.05) is 0 Å². The number of carbonyl (C=O) groups excluding carboxylic acids is 1. The summed E-state index contributed by atoms with van der Waals surface area (Å²) < 4.78 is 4.70. The number of amides is 2. The van der Waals surface area contributed by atoms with E-state index in [9.17, 15) is 4.79 Å². The van der Waals surface area contributed by atoms with Crippen molar-refractivity contribution >= 4 is 24.0 Å². The van der Waals surface area contributed by atoms with E-state index in [1.165, 1.54) is 0 Å². The number of hydrogen-bond acceptors (Lipinski definition) is 3. The lowest BCUT2D eigenvalue weighted by Crippen LogP contribution is -2.13. The number of rotatable bonds is 2. The summed E-state index contributed by atoms with van der Waals surface area (Å²) in [5.41, 5.74) is 4.96. The van der Waals surface area contributed by atoms with E-state index in [4.69, 9.17) is 26.4 Å². The monoisotopic (exact) mass is 246 g/mol. The molecule has 0 aliphatic carbocycles. The molecule has 6 nitrogen and oxygen atoms in total. The fourth-order valence-electron chi connectivity index (χ4n) is 0.750. The summed E-state index contributed by atoms with van der Waals surface area (Å²) in [6.07, 6.45) is -1.97. The standard InChI is InChI=1S/C8H8ClNO2.CH3NO2/c9-10-8(11)12-6-7-4-2-1-3-5-7;2-1(3)4/h1-5H,6H2,(H,10,11);2H2,(H,3,4). The number of nitrogens with one attached hydrogen (secondary N) is 1. The van der Waals surface area contributed by atoms with Crippen LogP contribution in [0.1, 0.15) is 5.56 Å². The highest BCUT2D eigenvalue weighted by atomic mass is 35.5. The van der Waals surface area contributed by atoms with Gasteiger partial charge >= 0.3 is 12.2 Å². The normalized spacial score (nSPS) is 8.31. The molecule has 1 aromatic rings. The Bertz CT molecular complexity index is 328. The maximum atomic E-state index is 10.5. The van der Waals surface area contributed by atoms with Crippen LogP contribution in [0.15, 0.2) is 30.3 Å². The van der Waals surface area contributed by atoms with Crippen molar-refractivity contribution in [1.29, 1.82) is 0 Å². The Kier molecular flexibility index (Phi) is 7.35. The lowest BCUT2D eigenvalue weighted by Gasteiger charge is -2.01. The Morgan fingerprint density at radius 2 is 1.88 bits per heavy atom. The van der Waals surface area contributed by atoms with Crippen molar-refractivity contribution in [3.8, 4) is 0 Å². The number of hydrogen-bond donors (Lipinski definition) is 3. The molecule has 2 amide bonds. The summed E-state index contributed by atoms with van der Waals surface area (Å²) in [7, 11) is 0. The van der Waals surface area contributed by atoms with E-state index in [1.54, 1.807) is 0 Å². The summed E-state index contributed by atoms with van der Waals surface area (Å²) in [6, 6.07) is 9.36. The van der Waals surface area contributed by atoms with Gasteiger partial charge in [-0.15, -0.1) is 0 Å². The molecule has 16 heavy (non-hydrogen) atoms. The fourth-order valence-corrected chi connectivity index (χ4v) is 0.805. The van der Waals surface area contributed by atoms with Crippen LogP contribution in [0.2, 0.25) is 0 Å². The van der Waals surface area contributed by atoms with Crippen molar-refractivity contribution in [3.63, 3.8) is 0 Å². The zero-order chi connectivity index (χ0) is 12.4. The SMILES string of the molecule is NC(=O)O.O=C(NCl)OCc1ccccc1. The molecule has 0 aliphatic rings. The van der Waals surface area contributed by atoms with Crippen molar-refractivity contribution in [2.45, 2.75) is 6.61 Å². The molecule has 4 N–H and O–H groups in total.